The van der Waals surface area contributed by atoms with Crippen LogP contribution in [0.4, 0.5) is 0 Å². The average molecular weight is 345 g/mol. The predicted octanol–water partition coefficient (Wildman–Crippen LogP) is 3.01. The summed E-state index contributed by atoms with van der Waals surface area (Å²) >= 11 is 1.46. The third-order valence-electron chi connectivity index (χ3n) is 4.19. The minimum absolute atomic E-state index is 0.239. The number of rotatable bonds is 5. The van der Waals surface area contributed by atoms with Crippen molar-refractivity contribution >= 4 is 23.2 Å². The van der Waals surface area contributed by atoms with E-state index >= 15 is 0 Å². The van der Waals surface area contributed by atoms with Gasteiger partial charge in [0.25, 0.3) is 5.91 Å². The molecule has 0 saturated carbocycles. The molecule has 1 aliphatic rings. The lowest BCUT2D eigenvalue weighted by atomic mass is 9.94. The SMILES string of the molecule is CC(C(=O)O)C(NC(=O)c1cc2c(s1)CCOC2)c1ccccc1. The molecule has 2 heterocycles. The van der Waals surface area contributed by atoms with Crippen molar-refractivity contribution in [3.05, 3.63) is 57.3 Å². The molecule has 1 aromatic heterocycles. The number of carboxylic acids is 1. The third kappa shape index (κ3) is 3.49. The zero-order valence-corrected chi connectivity index (χ0v) is 14.1. The minimum Gasteiger partial charge on any atom is -0.481 e. The first-order valence-corrected chi connectivity index (χ1v) is 8.66. The Morgan fingerprint density at radius 2 is 2.04 bits per heavy atom. The number of ether oxygens (including phenoxy) is 1. The van der Waals surface area contributed by atoms with Gasteiger partial charge in [-0.3, -0.25) is 9.59 Å². The van der Waals surface area contributed by atoms with Crippen LogP contribution in [0.1, 0.15) is 38.6 Å². The second-order valence-corrected chi connectivity index (χ2v) is 6.99. The molecule has 2 N–H and O–H groups in total. The van der Waals surface area contributed by atoms with Crippen molar-refractivity contribution < 1.29 is 19.4 Å². The Labute approximate surface area is 144 Å². The van der Waals surface area contributed by atoms with Gasteiger partial charge in [0.05, 0.1) is 30.1 Å². The van der Waals surface area contributed by atoms with Crippen LogP contribution in [0.15, 0.2) is 36.4 Å². The van der Waals surface area contributed by atoms with Crippen LogP contribution < -0.4 is 5.32 Å². The molecule has 2 aromatic rings. The fourth-order valence-corrected chi connectivity index (χ4v) is 3.82. The molecule has 1 amide bonds. The summed E-state index contributed by atoms with van der Waals surface area (Å²) in [5.74, 6) is -1.91. The van der Waals surface area contributed by atoms with Crippen LogP contribution in [-0.2, 0) is 22.6 Å². The molecule has 0 saturated heterocycles. The minimum atomic E-state index is -0.942. The van der Waals surface area contributed by atoms with E-state index < -0.39 is 17.9 Å². The molecule has 0 spiro atoms. The van der Waals surface area contributed by atoms with Gasteiger partial charge in [0.15, 0.2) is 0 Å². The van der Waals surface area contributed by atoms with Gasteiger partial charge < -0.3 is 15.2 Å². The summed E-state index contributed by atoms with van der Waals surface area (Å²) < 4.78 is 5.41. The van der Waals surface area contributed by atoms with E-state index in [2.05, 4.69) is 5.32 Å². The van der Waals surface area contributed by atoms with Crippen LogP contribution in [-0.4, -0.2) is 23.6 Å². The van der Waals surface area contributed by atoms with E-state index in [-0.39, 0.29) is 5.91 Å². The van der Waals surface area contributed by atoms with Crippen LogP contribution in [0.25, 0.3) is 0 Å². The number of fused-ring (bicyclic) bond motifs is 1. The Kier molecular flexibility index (Phi) is 4.97. The number of carbonyl (C=O) groups is 2. The highest BCUT2D eigenvalue weighted by atomic mass is 32.1. The molecule has 3 rings (SSSR count). The van der Waals surface area contributed by atoms with Gasteiger partial charge in [-0.1, -0.05) is 30.3 Å². The second-order valence-electron chi connectivity index (χ2n) is 5.85. The molecule has 0 radical (unpaired) electrons. The van der Waals surface area contributed by atoms with Crippen LogP contribution in [0.5, 0.6) is 0 Å². The molecule has 0 bridgehead atoms. The van der Waals surface area contributed by atoms with E-state index in [1.807, 2.05) is 36.4 Å². The van der Waals surface area contributed by atoms with Gasteiger partial charge >= 0.3 is 5.97 Å². The van der Waals surface area contributed by atoms with Crippen LogP contribution in [0, 0.1) is 5.92 Å². The smallest absolute Gasteiger partial charge is 0.308 e. The normalized spacial score (nSPS) is 16.0. The van der Waals surface area contributed by atoms with Gasteiger partial charge in [-0.15, -0.1) is 11.3 Å². The largest absolute Gasteiger partial charge is 0.481 e. The van der Waals surface area contributed by atoms with E-state index in [0.29, 0.717) is 18.1 Å². The molecule has 0 fully saturated rings. The summed E-state index contributed by atoms with van der Waals surface area (Å²) in [4.78, 5) is 25.8. The Bertz CT molecular complexity index is 717. The van der Waals surface area contributed by atoms with Crippen molar-refractivity contribution in [3.8, 4) is 0 Å². The number of aliphatic carboxylic acids is 1. The quantitative estimate of drug-likeness (QED) is 0.873. The topological polar surface area (TPSA) is 75.6 Å². The van der Waals surface area contributed by atoms with Crippen molar-refractivity contribution in [2.45, 2.75) is 26.0 Å². The highest BCUT2D eigenvalue weighted by Gasteiger charge is 2.28. The summed E-state index contributed by atoms with van der Waals surface area (Å²) in [6.07, 6.45) is 0.820. The lowest BCUT2D eigenvalue weighted by Crippen LogP contribution is -2.35. The van der Waals surface area contributed by atoms with Crippen molar-refractivity contribution in [1.82, 2.24) is 5.32 Å². The van der Waals surface area contributed by atoms with Crippen LogP contribution in [0.2, 0.25) is 0 Å². The molecular formula is C18H19NO4S. The number of carboxylic acid groups (broad SMARTS) is 1. The highest BCUT2D eigenvalue weighted by molar-refractivity contribution is 7.14. The predicted molar refractivity (Wildman–Crippen MR) is 91.1 cm³/mol. The molecular weight excluding hydrogens is 326 g/mol. The number of carbonyl (C=O) groups excluding carboxylic acids is 1. The number of amides is 1. The molecule has 5 nitrogen and oxygen atoms in total. The number of nitrogens with one attached hydrogen (secondary N) is 1. The van der Waals surface area contributed by atoms with E-state index in [9.17, 15) is 14.7 Å². The zero-order chi connectivity index (χ0) is 17.1. The number of hydrogen-bond acceptors (Lipinski definition) is 4. The summed E-state index contributed by atoms with van der Waals surface area (Å²) in [6.45, 7) is 2.82. The average Bonchev–Trinajstić information content (AvgIpc) is 3.04. The number of benzene rings is 1. The van der Waals surface area contributed by atoms with E-state index in [0.717, 1.165) is 17.5 Å². The zero-order valence-electron chi connectivity index (χ0n) is 13.3. The van der Waals surface area contributed by atoms with Crippen molar-refractivity contribution in [3.63, 3.8) is 0 Å². The first-order chi connectivity index (χ1) is 11.6. The van der Waals surface area contributed by atoms with Gasteiger partial charge in [-0.25, -0.2) is 0 Å². The van der Waals surface area contributed by atoms with Gasteiger partial charge in [0.1, 0.15) is 0 Å². The molecule has 2 atom stereocenters. The highest BCUT2D eigenvalue weighted by Crippen LogP contribution is 2.28. The molecule has 24 heavy (non-hydrogen) atoms. The van der Waals surface area contributed by atoms with Gasteiger partial charge in [0, 0.05) is 11.3 Å². The lowest BCUT2D eigenvalue weighted by molar-refractivity contribution is -0.142. The maximum Gasteiger partial charge on any atom is 0.308 e. The monoisotopic (exact) mass is 345 g/mol. The molecule has 126 valence electrons. The Hall–Kier alpha value is -2.18. The number of thiophene rings is 1. The van der Waals surface area contributed by atoms with Gasteiger partial charge in [-0.2, -0.15) is 0 Å². The lowest BCUT2D eigenvalue weighted by Gasteiger charge is -2.22. The van der Waals surface area contributed by atoms with Gasteiger partial charge in [0.2, 0.25) is 0 Å². The molecule has 6 heteroatoms. The maximum atomic E-state index is 12.6. The number of hydrogen-bond donors (Lipinski definition) is 2. The van der Waals surface area contributed by atoms with E-state index in [4.69, 9.17) is 4.74 Å². The Morgan fingerprint density at radius 1 is 1.29 bits per heavy atom. The van der Waals surface area contributed by atoms with Crippen molar-refractivity contribution in [2.24, 2.45) is 5.92 Å². The summed E-state index contributed by atoms with van der Waals surface area (Å²) in [5.41, 5.74) is 1.84. The fourth-order valence-electron chi connectivity index (χ4n) is 2.77. The fraction of sp³-hybridized carbons (Fsp3) is 0.333. The van der Waals surface area contributed by atoms with Crippen LogP contribution in [0.3, 0.4) is 0 Å². The first kappa shape index (κ1) is 16.7. The second kappa shape index (κ2) is 7.15. The summed E-state index contributed by atoms with van der Waals surface area (Å²) in [7, 11) is 0. The van der Waals surface area contributed by atoms with E-state index in [1.165, 1.54) is 16.2 Å². The maximum absolute atomic E-state index is 12.6. The van der Waals surface area contributed by atoms with Gasteiger partial charge in [-0.05, 0) is 24.1 Å². The molecule has 0 aliphatic carbocycles. The van der Waals surface area contributed by atoms with Crippen molar-refractivity contribution in [1.29, 1.82) is 0 Å². The van der Waals surface area contributed by atoms with Crippen LogP contribution >= 0.6 is 11.3 Å². The third-order valence-corrected chi connectivity index (χ3v) is 5.42. The molecule has 1 aromatic carbocycles. The first-order valence-electron chi connectivity index (χ1n) is 7.84. The molecule has 2 unspecified atom stereocenters. The van der Waals surface area contributed by atoms with E-state index in [1.54, 1.807) is 6.92 Å². The summed E-state index contributed by atoms with van der Waals surface area (Å²) in [6, 6.07) is 10.5. The Morgan fingerprint density at radius 3 is 2.71 bits per heavy atom. The Balaban J connectivity index is 1.83. The standard InChI is InChI=1S/C18H19NO4S/c1-11(18(21)22)16(12-5-3-2-4-6-12)19-17(20)15-9-13-10-23-8-7-14(13)24-15/h2-6,9,11,16H,7-8,10H2,1H3,(H,19,20)(H,21,22). The van der Waals surface area contributed by atoms with Crippen molar-refractivity contribution in [2.75, 3.05) is 6.61 Å². The molecule has 1 aliphatic heterocycles. The summed E-state index contributed by atoms with van der Waals surface area (Å²) in [5, 5.41) is 12.3.